The van der Waals surface area contributed by atoms with Crippen LogP contribution in [0.4, 0.5) is 5.69 Å². The van der Waals surface area contributed by atoms with Gasteiger partial charge < -0.3 is 10.6 Å². The average Bonchev–Trinajstić information content (AvgIpc) is 2.52. The Morgan fingerprint density at radius 2 is 1.75 bits per heavy atom. The molecule has 2 N–H and O–H groups in total. The summed E-state index contributed by atoms with van der Waals surface area (Å²) in [6.07, 6.45) is 10.1. The zero-order valence-corrected chi connectivity index (χ0v) is 14.5. The third-order valence-electron chi connectivity index (χ3n) is 7.29. The molecule has 4 bridgehead atoms. The van der Waals surface area contributed by atoms with Crippen LogP contribution in [0.2, 0.25) is 0 Å². The first-order valence-electron chi connectivity index (χ1n) is 9.74. The van der Waals surface area contributed by atoms with Crippen LogP contribution < -0.4 is 5.73 Å². The van der Waals surface area contributed by atoms with Crippen LogP contribution >= 0.6 is 0 Å². The van der Waals surface area contributed by atoms with Crippen LogP contribution in [0.15, 0.2) is 18.2 Å². The number of fused-ring (bicyclic) bond motifs is 1. The second-order valence-corrected chi connectivity index (χ2v) is 9.19. The summed E-state index contributed by atoms with van der Waals surface area (Å²) >= 11 is 0. The van der Waals surface area contributed by atoms with Crippen molar-refractivity contribution in [1.29, 1.82) is 0 Å². The van der Waals surface area contributed by atoms with E-state index in [1.165, 1.54) is 49.7 Å². The topological polar surface area (TPSA) is 46.3 Å². The van der Waals surface area contributed by atoms with E-state index in [0.29, 0.717) is 11.3 Å². The molecule has 1 aromatic carbocycles. The maximum Gasteiger partial charge on any atom is 0.223 e. The fraction of sp³-hybridized carbons (Fsp3) is 0.667. The van der Waals surface area contributed by atoms with Crippen LogP contribution in [-0.2, 0) is 17.8 Å². The third-order valence-corrected chi connectivity index (χ3v) is 7.29. The Bertz CT molecular complexity index is 645. The van der Waals surface area contributed by atoms with Crippen molar-refractivity contribution >= 4 is 11.6 Å². The standard InChI is InChI=1S/C21H28N2O/c22-19-2-1-17-3-4-23(13-18(17)8-19)20(24)12-21-9-14-5-15(10-21)7-16(6-14)11-21/h1-2,8,14-16H,3-7,9-13,22H2. The predicted molar refractivity (Wildman–Crippen MR) is 95.2 cm³/mol. The molecule has 0 saturated heterocycles. The molecule has 3 nitrogen and oxygen atoms in total. The zero-order chi connectivity index (χ0) is 16.3. The van der Waals surface area contributed by atoms with E-state index in [0.717, 1.165) is 49.4 Å². The van der Waals surface area contributed by atoms with E-state index in [1.807, 2.05) is 6.07 Å². The number of hydrogen-bond acceptors (Lipinski definition) is 2. The second-order valence-electron chi connectivity index (χ2n) is 9.19. The molecule has 0 radical (unpaired) electrons. The minimum absolute atomic E-state index is 0.349. The van der Waals surface area contributed by atoms with Gasteiger partial charge in [-0.05, 0) is 91.4 Å². The first kappa shape index (κ1) is 14.8. The fourth-order valence-electron chi connectivity index (χ4n) is 6.73. The number of carbonyl (C=O) groups is 1. The van der Waals surface area contributed by atoms with Crippen LogP contribution in [0, 0.1) is 23.2 Å². The summed E-state index contributed by atoms with van der Waals surface area (Å²) in [6.45, 7) is 1.63. The van der Waals surface area contributed by atoms with Crippen LogP contribution in [0.25, 0.3) is 0 Å². The van der Waals surface area contributed by atoms with E-state index in [4.69, 9.17) is 5.73 Å². The monoisotopic (exact) mass is 324 g/mol. The van der Waals surface area contributed by atoms with Gasteiger partial charge in [-0.2, -0.15) is 0 Å². The molecule has 0 aromatic heterocycles. The Hall–Kier alpha value is -1.51. The number of hydrogen-bond donors (Lipinski definition) is 1. The van der Waals surface area contributed by atoms with E-state index in [2.05, 4.69) is 17.0 Å². The molecular weight excluding hydrogens is 296 g/mol. The average molecular weight is 324 g/mol. The van der Waals surface area contributed by atoms with Crippen molar-refractivity contribution in [2.24, 2.45) is 23.2 Å². The smallest absolute Gasteiger partial charge is 0.223 e. The van der Waals surface area contributed by atoms with Gasteiger partial charge in [-0.3, -0.25) is 4.79 Å². The molecule has 4 fully saturated rings. The molecular formula is C21H28N2O. The van der Waals surface area contributed by atoms with Crippen molar-refractivity contribution in [3.05, 3.63) is 29.3 Å². The molecule has 5 aliphatic rings. The van der Waals surface area contributed by atoms with E-state index in [1.54, 1.807) is 0 Å². The molecule has 1 heterocycles. The number of carbonyl (C=O) groups excluding carboxylic acids is 1. The quantitative estimate of drug-likeness (QED) is 0.842. The summed E-state index contributed by atoms with van der Waals surface area (Å²) in [4.78, 5) is 15.2. The molecule has 128 valence electrons. The molecule has 1 aromatic rings. The van der Waals surface area contributed by atoms with Gasteiger partial charge in [0.05, 0.1) is 0 Å². The lowest BCUT2D eigenvalue weighted by Crippen LogP contribution is -2.48. The van der Waals surface area contributed by atoms with Crippen molar-refractivity contribution < 1.29 is 4.79 Å². The van der Waals surface area contributed by atoms with Gasteiger partial charge >= 0.3 is 0 Å². The summed E-state index contributed by atoms with van der Waals surface area (Å²) in [5.74, 6) is 3.16. The largest absolute Gasteiger partial charge is 0.399 e. The SMILES string of the molecule is Nc1ccc2c(c1)CN(C(=O)CC13CC4CC(CC(C4)C1)C3)CC2. The van der Waals surface area contributed by atoms with Crippen molar-refractivity contribution in [2.75, 3.05) is 12.3 Å². The number of anilines is 1. The van der Waals surface area contributed by atoms with Gasteiger partial charge in [0, 0.05) is 25.2 Å². The fourth-order valence-corrected chi connectivity index (χ4v) is 6.73. The summed E-state index contributed by atoms with van der Waals surface area (Å²) < 4.78 is 0. The lowest BCUT2D eigenvalue weighted by Gasteiger charge is -2.57. The number of rotatable bonds is 2. The van der Waals surface area contributed by atoms with Gasteiger partial charge in [0.2, 0.25) is 5.91 Å². The molecule has 24 heavy (non-hydrogen) atoms. The molecule has 3 heteroatoms. The lowest BCUT2D eigenvalue weighted by atomic mass is 9.49. The van der Waals surface area contributed by atoms with Crippen molar-refractivity contribution in [3.8, 4) is 0 Å². The van der Waals surface area contributed by atoms with Gasteiger partial charge in [0.15, 0.2) is 0 Å². The summed E-state index contributed by atoms with van der Waals surface area (Å²) in [6, 6.07) is 6.16. The van der Waals surface area contributed by atoms with Gasteiger partial charge in [0.1, 0.15) is 0 Å². The molecule has 0 unspecified atom stereocenters. The van der Waals surface area contributed by atoms with Gasteiger partial charge in [0.25, 0.3) is 0 Å². The van der Waals surface area contributed by atoms with Gasteiger partial charge in [-0.25, -0.2) is 0 Å². The van der Waals surface area contributed by atoms with Crippen molar-refractivity contribution in [2.45, 2.75) is 57.9 Å². The third kappa shape index (κ3) is 2.44. The zero-order valence-electron chi connectivity index (χ0n) is 14.5. The predicted octanol–water partition coefficient (Wildman–Crippen LogP) is 3.76. The molecule has 6 rings (SSSR count). The molecule has 0 spiro atoms. The second kappa shape index (κ2) is 5.24. The highest BCUT2D eigenvalue weighted by atomic mass is 16.2. The highest BCUT2D eigenvalue weighted by Crippen LogP contribution is 2.61. The van der Waals surface area contributed by atoms with E-state index < -0.39 is 0 Å². The summed E-state index contributed by atoms with van der Waals surface area (Å²) in [5.41, 5.74) is 9.71. The lowest BCUT2D eigenvalue weighted by molar-refractivity contribution is -0.140. The minimum Gasteiger partial charge on any atom is -0.399 e. The first-order chi connectivity index (χ1) is 11.6. The van der Waals surface area contributed by atoms with Gasteiger partial charge in [-0.1, -0.05) is 6.07 Å². The molecule has 4 saturated carbocycles. The van der Waals surface area contributed by atoms with E-state index in [9.17, 15) is 4.79 Å². The summed E-state index contributed by atoms with van der Waals surface area (Å²) in [5, 5.41) is 0. The van der Waals surface area contributed by atoms with E-state index in [-0.39, 0.29) is 0 Å². The van der Waals surface area contributed by atoms with Crippen LogP contribution in [0.5, 0.6) is 0 Å². The number of nitrogens with two attached hydrogens (primary N) is 1. The normalized spacial score (nSPS) is 36.7. The van der Waals surface area contributed by atoms with Crippen LogP contribution in [0.1, 0.15) is 56.1 Å². The minimum atomic E-state index is 0.349. The number of nitrogens with zero attached hydrogens (tertiary/aromatic N) is 1. The Balaban J connectivity index is 1.31. The summed E-state index contributed by atoms with van der Waals surface area (Å²) in [7, 11) is 0. The van der Waals surface area contributed by atoms with Gasteiger partial charge in [-0.15, -0.1) is 0 Å². The molecule has 1 aliphatic heterocycles. The van der Waals surface area contributed by atoms with Crippen LogP contribution in [-0.4, -0.2) is 17.4 Å². The Labute approximate surface area is 144 Å². The number of amides is 1. The Morgan fingerprint density at radius 1 is 1.08 bits per heavy atom. The Kier molecular flexibility index (Phi) is 3.23. The highest BCUT2D eigenvalue weighted by molar-refractivity contribution is 5.77. The maximum absolute atomic E-state index is 13.1. The molecule has 1 amide bonds. The highest BCUT2D eigenvalue weighted by Gasteiger charge is 2.51. The first-order valence-corrected chi connectivity index (χ1v) is 9.74. The van der Waals surface area contributed by atoms with Crippen molar-refractivity contribution in [1.82, 2.24) is 4.90 Å². The maximum atomic E-state index is 13.1. The Morgan fingerprint density at radius 3 is 2.42 bits per heavy atom. The molecule has 0 atom stereocenters. The number of nitrogen functional groups attached to an aromatic ring is 1. The van der Waals surface area contributed by atoms with Crippen molar-refractivity contribution in [3.63, 3.8) is 0 Å². The van der Waals surface area contributed by atoms with E-state index >= 15 is 0 Å². The molecule has 4 aliphatic carbocycles. The number of benzene rings is 1. The van der Waals surface area contributed by atoms with Crippen LogP contribution in [0.3, 0.4) is 0 Å².